The number of nitrogens with two attached hydrogens (primary N) is 1. The third kappa shape index (κ3) is 4.48. The Bertz CT molecular complexity index is 982. The quantitative estimate of drug-likeness (QED) is 0.329. The largest absolute Gasteiger partial charge is 0.477 e. The minimum Gasteiger partial charge on any atom is -0.477 e. The minimum absolute atomic E-state index is 0.0327. The number of carboxylic acids is 1. The first kappa shape index (κ1) is 25.7. The number of nitrogens with one attached hydrogen (secondary N) is 2. The Morgan fingerprint density at radius 3 is 2.64 bits per heavy atom. The molecule has 11 heteroatoms. The molecule has 5 aliphatic rings. The van der Waals surface area contributed by atoms with E-state index < -0.39 is 5.97 Å². The van der Waals surface area contributed by atoms with Gasteiger partial charge in [-0.15, -0.1) is 11.8 Å². The van der Waals surface area contributed by atoms with E-state index in [4.69, 9.17) is 5.73 Å². The number of carboxylic acid groups (broad SMARTS) is 1. The van der Waals surface area contributed by atoms with E-state index in [1.165, 1.54) is 16.7 Å². The van der Waals surface area contributed by atoms with Crippen molar-refractivity contribution in [1.82, 2.24) is 20.4 Å². The fourth-order valence-corrected chi connectivity index (χ4v) is 8.16. The topological polar surface area (TPSA) is 145 Å². The van der Waals surface area contributed by atoms with Gasteiger partial charge in [-0.2, -0.15) is 0 Å². The maximum absolute atomic E-state index is 13.2. The second-order valence-electron chi connectivity index (χ2n) is 11.1. The summed E-state index contributed by atoms with van der Waals surface area (Å²) in [6.07, 6.45) is 3.58. The van der Waals surface area contributed by atoms with Gasteiger partial charge in [0.15, 0.2) is 0 Å². The monoisotopic (exact) mass is 519 g/mol. The summed E-state index contributed by atoms with van der Waals surface area (Å²) in [7, 11) is 0. The second kappa shape index (κ2) is 10.1. The van der Waals surface area contributed by atoms with E-state index in [1.807, 2.05) is 18.7 Å². The minimum atomic E-state index is -1.10. The summed E-state index contributed by atoms with van der Waals surface area (Å²) < 4.78 is 0. The van der Waals surface area contributed by atoms with Gasteiger partial charge in [0.2, 0.25) is 11.8 Å². The molecule has 4 fully saturated rings. The van der Waals surface area contributed by atoms with Crippen LogP contribution >= 0.6 is 11.8 Å². The first-order valence-electron chi connectivity index (χ1n) is 13.2. The molecule has 0 aliphatic carbocycles. The Morgan fingerprint density at radius 1 is 1.22 bits per heavy atom. The van der Waals surface area contributed by atoms with Crippen molar-refractivity contribution in [3.63, 3.8) is 0 Å². The molecular weight excluding hydrogens is 482 g/mol. The van der Waals surface area contributed by atoms with Gasteiger partial charge < -0.3 is 31.3 Å². The van der Waals surface area contributed by atoms with Crippen molar-refractivity contribution in [2.45, 2.75) is 75.4 Å². The van der Waals surface area contributed by atoms with Crippen molar-refractivity contribution in [1.29, 1.82) is 0 Å². The molecular formula is C25H37N5O5S. The SMILES string of the molecule is C[C@@H](CC(=O)[C@@H]1CCCN1)[C@H]1C(=O)N2C(C(=O)O)=C(S[C@@H]3CN[C@H](C(=O)N4CC[C@H](N)C4)C3)[C@H](C)[C@H]12. The number of ketones is 1. The number of nitrogens with zero attached hydrogens (tertiary/aromatic N) is 2. The highest BCUT2D eigenvalue weighted by Crippen LogP contribution is 2.53. The number of hydrogen-bond acceptors (Lipinski definition) is 8. The van der Waals surface area contributed by atoms with Crippen molar-refractivity contribution in [3.05, 3.63) is 10.6 Å². The maximum atomic E-state index is 13.2. The van der Waals surface area contributed by atoms with Gasteiger partial charge in [-0.05, 0) is 38.1 Å². The number of rotatable bonds is 8. The molecule has 0 radical (unpaired) electrons. The Morgan fingerprint density at radius 2 is 2.00 bits per heavy atom. The van der Waals surface area contributed by atoms with Gasteiger partial charge in [0.1, 0.15) is 11.5 Å². The lowest BCUT2D eigenvalue weighted by Gasteiger charge is -2.47. The van der Waals surface area contributed by atoms with Gasteiger partial charge in [-0.3, -0.25) is 14.4 Å². The number of aliphatic carboxylic acids is 1. The number of carbonyl (C=O) groups is 4. The summed E-state index contributed by atoms with van der Waals surface area (Å²) in [6, 6.07) is -0.617. The number of Topliss-reactive ketones (excluding diaryl/α,β-unsaturated/α-hetero) is 1. The van der Waals surface area contributed by atoms with Crippen LogP contribution in [0.5, 0.6) is 0 Å². The van der Waals surface area contributed by atoms with Gasteiger partial charge in [0.25, 0.3) is 0 Å². The van der Waals surface area contributed by atoms with Crippen LogP contribution in [-0.4, -0.2) is 94.1 Å². The smallest absolute Gasteiger partial charge is 0.353 e. The zero-order chi connectivity index (χ0) is 25.7. The van der Waals surface area contributed by atoms with E-state index in [2.05, 4.69) is 10.6 Å². The van der Waals surface area contributed by atoms with Crippen LogP contribution in [0.3, 0.4) is 0 Å². The molecule has 36 heavy (non-hydrogen) atoms. The summed E-state index contributed by atoms with van der Waals surface area (Å²) >= 11 is 1.49. The highest BCUT2D eigenvalue weighted by Gasteiger charge is 2.60. The molecule has 0 aromatic rings. The zero-order valence-corrected chi connectivity index (χ0v) is 21.8. The van der Waals surface area contributed by atoms with E-state index in [1.54, 1.807) is 0 Å². The molecule has 0 aromatic carbocycles. The average Bonchev–Trinajstić information content (AvgIpc) is 3.62. The molecule has 0 aromatic heterocycles. The van der Waals surface area contributed by atoms with Crippen LogP contribution in [0.2, 0.25) is 0 Å². The van der Waals surface area contributed by atoms with E-state index in [0.717, 1.165) is 25.8 Å². The summed E-state index contributed by atoms with van der Waals surface area (Å²) in [4.78, 5) is 55.0. The number of hydrogen-bond donors (Lipinski definition) is 4. The molecule has 0 spiro atoms. The fourth-order valence-electron chi connectivity index (χ4n) is 6.68. The first-order valence-corrected chi connectivity index (χ1v) is 14.1. The summed E-state index contributed by atoms with van der Waals surface area (Å²) in [6.45, 7) is 6.63. The van der Waals surface area contributed by atoms with Gasteiger partial charge in [-0.25, -0.2) is 4.79 Å². The van der Waals surface area contributed by atoms with E-state index in [9.17, 15) is 24.3 Å². The number of thioether (sulfide) groups is 1. The number of carbonyl (C=O) groups excluding carboxylic acids is 3. The molecule has 0 unspecified atom stereocenters. The van der Waals surface area contributed by atoms with Gasteiger partial charge >= 0.3 is 5.97 Å². The molecule has 8 atom stereocenters. The molecule has 10 nitrogen and oxygen atoms in total. The summed E-state index contributed by atoms with van der Waals surface area (Å²) in [5.74, 6) is -1.70. The molecule has 0 saturated carbocycles. The molecule has 4 saturated heterocycles. The lowest BCUT2D eigenvalue weighted by atomic mass is 9.73. The number of fused-ring (bicyclic) bond motifs is 1. The number of likely N-dealkylation sites (tertiary alicyclic amines) is 1. The van der Waals surface area contributed by atoms with Crippen LogP contribution in [0.4, 0.5) is 0 Å². The zero-order valence-electron chi connectivity index (χ0n) is 20.9. The summed E-state index contributed by atoms with van der Waals surface area (Å²) in [5, 5.41) is 16.6. The van der Waals surface area contributed by atoms with Crippen molar-refractivity contribution < 1.29 is 24.3 Å². The van der Waals surface area contributed by atoms with Crippen LogP contribution in [0.25, 0.3) is 0 Å². The molecule has 198 valence electrons. The number of amides is 2. The molecule has 5 aliphatic heterocycles. The lowest BCUT2D eigenvalue weighted by molar-refractivity contribution is -0.160. The van der Waals surface area contributed by atoms with E-state index in [-0.39, 0.29) is 70.5 Å². The molecule has 5 rings (SSSR count). The van der Waals surface area contributed by atoms with Crippen molar-refractivity contribution in [2.75, 3.05) is 26.2 Å². The Hall–Kier alpha value is -1.95. The van der Waals surface area contributed by atoms with Crippen LogP contribution in [0.1, 0.15) is 46.0 Å². The standard InChI is InChI=1S/C25H37N5O5S/c1-12(8-18(31)16-4-3-6-27-16)19-20-13(2)22(21(25(34)35)30(20)24(19)33)36-15-9-17(28-10-15)23(32)29-7-5-14(26)11-29/h12-17,19-20,27-28H,3-11,26H2,1-2H3,(H,34,35)/t12-,13+,14-,15-,16-,17-,19+,20+/m0/s1. The third-order valence-corrected chi connectivity index (χ3v) is 10.1. The van der Waals surface area contributed by atoms with Crippen molar-refractivity contribution in [3.8, 4) is 0 Å². The molecule has 5 N–H and O–H groups in total. The van der Waals surface area contributed by atoms with Crippen molar-refractivity contribution >= 4 is 35.3 Å². The van der Waals surface area contributed by atoms with Gasteiger partial charge in [-0.1, -0.05) is 13.8 Å². The molecule has 0 bridgehead atoms. The molecule has 5 heterocycles. The van der Waals surface area contributed by atoms with E-state index >= 15 is 0 Å². The van der Waals surface area contributed by atoms with Crippen LogP contribution in [-0.2, 0) is 19.2 Å². The highest BCUT2D eigenvalue weighted by molar-refractivity contribution is 8.03. The predicted octanol–water partition coefficient (Wildman–Crippen LogP) is 0.130. The normalized spacial score (nSPS) is 36.9. The van der Waals surface area contributed by atoms with Crippen molar-refractivity contribution in [2.24, 2.45) is 23.5 Å². The summed E-state index contributed by atoms with van der Waals surface area (Å²) in [5.41, 5.74) is 6.03. The van der Waals surface area contributed by atoms with Crippen LogP contribution < -0.4 is 16.4 Å². The van der Waals surface area contributed by atoms with Crippen LogP contribution in [0.15, 0.2) is 10.6 Å². The van der Waals surface area contributed by atoms with E-state index in [0.29, 0.717) is 37.4 Å². The number of β-lactam (4-membered cyclic amide) rings is 1. The Labute approximate surface area is 215 Å². The van der Waals surface area contributed by atoms with Gasteiger partial charge in [0.05, 0.1) is 24.0 Å². The predicted molar refractivity (Wildman–Crippen MR) is 135 cm³/mol. The maximum Gasteiger partial charge on any atom is 0.353 e. The molecule has 2 amide bonds. The van der Waals surface area contributed by atoms with Crippen LogP contribution in [0, 0.1) is 17.8 Å². The average molecular weight is 520 g/mol. The van der Waals surface area contributed by atoms with Gasteiger partial charge in [0, 0.05) is 48.2 Å². The Kier molecular flexibility index (Phi) is 7.19. The Balaban J connectivity index is 1.24. The second-order valence-corrected chi connectivity index (χ2v) is 12.4. The lowest BCUT2D eigenvalue weighted by Crippen LogP contribution is -2.62. The third-order valence-electron chi connectivity index (χ3n) is 8.60. The highest BCUT2D eigenvalue weighted by atomic mass is 32.2. The fraction of sp³-hybridized carbons (Fsp3) is 0.760. The first-order chi connectivity index (χ1) is 17.2.